The SMILES string of the molecule is COC(=O)c1ccc(-c2[nH]c3cc(Cl)ccc3c2C(C[N+](=O)[O-])c2cccs2)cc1. The number of hydrogen-bond acceptors (Lipinski definition) is 5. The number of nitrogens with one attached hydrogen (secondary N) is 1. The van der Waals surface area contributed by atoms with Gasteiger partial charge in [0.15, 0.2) is 0 Å². The quantitative estimate of drug-likeness (QED) is 0.235. The maximum atomic E-state index is 11.8. The predicted octanol–water partition coefficient (Wildman–Crippen LogP) is 5.75. The van der Waals surface area contributed by atoms with Crippen LogP contribution < -0.4 is 0 Å². The lowest BCUT2D eigenvalue weighted by Crippen LogP contribution is -2.13. The number of esters is 1. The summed E-state index contributed by atoms with van der Waals surface area (Å²) < 4.78 is 4.76. The van der Waals surface area contributed by atoms with Crippen molar-refractivity contribution in [2.45, 2.75) is 5.92 Å². The molecule has 152 valence electrons. The zero-order chi connectivity index (χ0) is 21.3. The molecule has 0 amide bonds. The third-order valence-corrected chi connectivity index (χ3v) is 6.18. The Kier molecular flexibility index (Phi) is 5.57. The first-order valence-electron chi connectivity index (χ1n) is 9.13. The standard InChI is InChI=1S/C22H17ClN2O4S/c1-29-22(26)14-6-4-13(5-7-14)21-20(16-9-8-15(23)11-18(16)24-21)17(12-25(27)28)19-3-2-10-30-19/h2-11,17,24H,12H2,1H3. The highest BCUT2D eigenvalue weighted by atomic mass is 35.5. The second kappa shape index (κ2) is 8.30. The average molecular weight is 441 g/mol. The van der Waals surface area contributed by atoms with E-state index in [0.29, 0.717) is 10.6 Å². The first-order chi connectivity index (χ1) is 14.5. The maximum absolute atomic E-state index is 11.8. The number of nitrogens with zero attached hydrogens (tertiary/aromatic N) is 1. The summed E-state index contributed by atoms with van der Waals surface area (Å²) in [6.07, 6.45) is 0. The summed E-state index contributed by atoms with van der Waals surface area (Å²) in [4.78, 5) is 27.3. The lowest BCUT2D eigenvalue weighted by Gasteiger charge is -2.14. The van der Waals surface area contributed by atoms with Crippen molar-refractivity contribution < 1.29 is 14.5 Å². The minimum Gasteiger partial charge on any atom is -0.465 e. The largest absolute Gasteiger partial charge is 0.465 e. The summed E-state index contributed by atoms with van der Waals surface area (Å²) in [5.41, 5.74) is 3.65. The molecule has 1 unspecified atom stereocenters. The fraction of sp³-hybridized carbons (Fsp3) is 0.136. The van der Waals surface area contributed by atoms with Crippen molar-refractivity contribution in [1.29, 1.82) is 0 Å². The molecule has 1 N–H and O–H groups in total. The van der Waals surface area contributed by atoms with Gasteiger partial charge in [0.1, 0.15) is 0 Å². The number of halogens is 1. The summed E-state index contributed by atoms with van der Waals surface area (Å²) in [5.74, 6) is -0.847. The average Bonchev–Trinajstić information content (AvgIpc) is 3.39. The zero-order valence-electron chi connectivity index (χ0n) is 15.9. The smallest absolute Gasteiger partial charge is 0.337 e. The number of H-pyrrole nitrogens is 1. The Hall–Kier alpha value is -3.16. The van der Waals surface area contributed by atoms with Crippen LogP contribution in [0, 0.1) is 10.1 Å². The molecule has 0 fully saturated rings. The predicted molar refractivity (Wildman–Crippen MR) is 118 cm³/mol. The molecule has 2 heterocycles. The van der Waals surface area contributed by atoms with Crippen LogP contribution in [0.15, 0.2) is 60.0 Å². The molecule has 0 bridgehead atoms. The van der Waals surface area contributed by atoms with Gasteiger partial charge in [0, 0.05) is 31.3 Å². The fourth-order valence-electron chi connectivity index (χ4n) is 3.63. The van der Waals surface area contributed by atoms with Crippen LogP contribution in [0.3, 0.4) is 0 Å². The van der Waals surface area contributed by atoms with E-state index in [1.165, 1.54) is 18.4 Å². The number of benzene rings is 2. The lowest BCUT2D eigenvalue weighted by molar-refractivity contribution is -0.481. The van der Waals surface area contributed by atoms with Crippen molar-refractivity contribution >= 4 is 39.8 Å². The number of fused-ring (bicyclic) bond motifs is 1. The van der Waals surface area contributed by atoms with Crippen molar-refractivity contribution in [2.75, 3.05) is 13.7 Å². The van der Waals surface area contributed by atoms with Crippen molar-refractivity contribution in [1.82, 2.24) is 4.98 Å². The van der Waals surface area contributed by atoms with Crippen LogP contribution in [0.1, 0.15) is 26.7 Å². The molecule has 0 saturated heterocycles. The number of methoxy groups -OCH3 is 1. The van der Waals surface area contributed by atoms with E-state index >= 15 is 0 Å². The fourth-order valence-corrected chi connectivity index (χ4v) is 4.63. The molecule has 1 atom stereocenters. The van der Waals surface area contributed by atoms with Gasteiger partial charge in [-0.3, -0.25) is 10.1 Å². The van der Waals surface area contributed by atoms with E-state index in [4.69, 9.17) is 16.3 Å². The summed E-state index contributed by atoms with van der Waals surface area (Å²) >= 11 is 7.67. The second-order valence-electron chi connectivity index (χ2n) is 6.76. The number of ether oxygens (including phenoxy) is 1. The Bertz CT molecular complexity index is 1220. The highest BCUT2D eigenvalue weighted by Crippen LogP contribution is 2.41. The van der Waals surface area contributed by atoms with E-state index in [1.807, 2.05) is 29.6 Å². The summed E-state index contributed by atoms with van der Waals surface area (Å²) in [6.45, 7) is -0.233. The highest BCUT2D eigenvalue weighted by Gasteiger charge is 2.28. The van der Waals surface area contributed by atoms with Gasteiger partial charge < -0.3 is 9.72 Å². The van der Waals surface area contributed by atoms with Crippen molar-refractivity contribution in [2.24, 2.45) is 0 Å². The number of carbonyl (C=O) groups excluding carboxylic acids is 1. The van der Waals surface area contributed by atoms with E-state index in [-0.39, 0.29) is 11.5 Å². The molecule has 2 aromatic heterocycles. The number of rotatable bonds is 6. The highest BCUT2D eigenvalue weighted by molar-refractivity contribution is 7.10. The molecule has 30 heavy (non-hydrogen) atoms. The van der Waals surface area contributed by atoms with Crippen molar-refractivity contribution in [3.63, 3.8) is 0 Å². The monoisotopic (exact) mass is 440 g/mol. The minimum atomic E-state index is -0.426. The van der Waals surface area contributed by atoms with Crippen LogP contribution in [0.2, 0.25) is 5.02 Å². The summed E-state index contributed by atoms with van der Waals surface area (Å²) in [5, 5.41) is 14.9. The Balaban J connectivity index is 1.93. The molecule has 6 nitrogen and oxygen atoms in total. The molecule has 0 spiro atoms. The molecular formula is C22H17ClN2O4S. The van der Waals surface area contributed by atoms with E-state index in [9.17, 15) is 14.9 Å². The van der Waals surface area contributed by atoms with Crippen LogP contribution in [0.25, 0.3) is 22.2 Å². The van der Waals surface area contributed by atoms with Crippen molar-refractivity contribution in [3.05, 3.63) is 91.1 Å². The van der Waals surface area contributed by atoms with Gasteiger partial charge in [0.2, 0.25) is 6.54 Å². The number of hydrogen-bond donors (Lipinski definition) is 1. The molecule has 8 heteroatoms. The van der Waals surface area contributed by atoms with Gasteiger partial charge in [0.25, 0.3) is 0 Å². The van der Waals surface area contributed by atoms with E-state index in [1.54, 1.807) is 30.3 Å². The van der Waals surface area contributed by atoms with Gasteiger partial charge in [-0.1, -0.05) is 35.9 Å². The lowest BCUT2D eigenvalue weighted by atomic mass is 9.91. The Morgan fingerprint density at radius 1 is 1.23 bits per heavy atom. The second-order valence-corrected chi connectivity index (χ2v) is 8.17. The van der Waals surface area contributed by atoms with Crippen LogP contribution in [0.4, 0.5) is 0 Å². The normalized spacial score (nSPS) is 12.1. The molecule has 2 aromatic carbocycles. The number of aromatic nitrogens is 1. The number of thiophene rings is 1. The van der Waals surface area contributed by atoms with Crippen LogP contribution in [-0.2, 0) is 4.74 Å². The molecular weight excluding hydrogens is 424 g/mol. The summed E-state index contributed by atoms with van der Waals surface area (Å²) in [6, 6.07) is 16.2. The van der Waals surface area contributed by atoms with E-state index < -0.39 is 11.9 Å². The topological polar surface area (TPSA) is 85.2 Å². The van der Waals surface area contributed by atoms with Gasteiger partial charge in [-0.25, -0.2) is 4.79 Å². The Labute approximate surface area is 181 Å². The Morgan fingerprint density at radius 3 is 2.63 bits per heavy atom. The molecule has 4 rings (SSSR count). The molecule has 0 saturated carbocycles. The van der Waals surface area contributed by atoms with Crippen molar-refractivity contribution in [3.8, 4) is 11.3 Å². The van der Waals surface area contributed by atoms with Gasteiger partial charge in [-0.2, -0.15) is 0 Å². The number of nitro groups is 1. The van der Waals surface area contributed by atoms with Crippen LogP contribution in [0.5, 0.6) is 0 Å². The van der Waals surface area contributed by atoms with Gasteiger partial charge in [-0.15, -0.1) is 11.3 Å². The first-order valence-corrected chi connectivity index (χ1v) is 10.4. The molecule has 4 aromatic rings. The number of aromatic amines is 1. The minimum absolute atomic E-state index is 0.233. The molecule has 0 aliphatic carbocycles. The number of carbonyl (C=O) groups is 1. The van der Waals surface area contributed by atoms with Gasteiger partial charge in [-0.05, 0) is 41.3 Å². The summed E-state index contributed by atoms with van der Waals surface area (Å²) in [7, 11) is 1.33. The first kappa shape index (κ1) is 20.1. The van der Waals surface area contributed by atoms with E-state index in [0.717, 1.165) is 32.6 Å². The third-order valence-electron chi connectivity index (χ3n) is 4.96. The van der Waals surface area contributed by atoms with Gasteiger partial charge >= 0.3 is 5.97 Å². The Morgan fingerprint density at radius 2 is 2.00 bits per heavy atom. The van der Waals surface area contributed by atoms with Gasteiger partial charge in [0.05, 0.1) is 24.3 Å². The molecule has 0 radical (unpaired) electrons. The maximum Gasteiger partial charge on any atom is 0.337 e. The van der Waals surface area contributed by atoms with Crippen LogP contribution >= 0.6 is 22.9 Å². The van der Waals surface area contributed by atoms with E-state index in [2.05, 4.69) is 4.98 Å². The van der Waals surface area contributed by atoms with Crippen LogP contribution in [-0.4, -0.2) is 29.5 Å². The molecule has 0 aliphatic rings. The third kappa shape index (κ3) is 3.81. The molecule has 0 aliphatic heterocycles. The zero-order valence-corrected chi connectivity index (χ0v) is 17.5.